The summed E-state index contributed by atoms with van der Waals surface area (Å²) in [5.74, 6) is 0.264. The topological polar surface area (TPSA) is 68.3 Å². The lowest BCUT2D eigenvalue weighted by Gasteiger charge is -2.34. The van der Waals surface area contributed by atoms with Gasteiger partial charge >= 0.3 is 0 Å². The van der Waals surface area contributed by atoms with Crippen molar-refractivity contribution in [2.24, 2.45) is 34.5 Å². The molecule has 8 rings (SSSR count). The molecule has 2 aromatic rings. The van der Waals surface area contributed by atoms with Crippen molar-refractivity contribution in [3.05, 3.63) is 84.0 Å². The minimum absolute atomic E-state index is 0.182. The Morgan fingerprint density at radius 1 is 0.559 bits per heavy atom. The number of sulfone groups is 2. The SMILES string of the molecule is O=S(=O)(c1ccccc1)[C@@H]1[C@H](S(=O)(=O)c2ccccc2)[C@H]2C3=C([C@@H]4C=C[C@H]3C43CC3)[C@@H]1C21CC1. The van der Waals surface area contributed by atoms with Crippen LogP contribution in [0.1, 0.15) is 25.7 Å². The first kappa shape index (κ1) is 20.1. The average Bonchev–Trinajstić information content (AvgIpc) is 3.71. The number of hydrogen-bond acceptors (Lipinski definition) is 4. The average molecular weight is 491 g/mol. The summed E-state index contributed by atoms with van der Waals surface area (Å²) in [5.41, 5.74) is 2.69. The number of rotatable bonds is 4. The van der Waals surface area contributed by atoms with Gasteiger partial charge in [0.05, 0.1) is 20.3 Å². The summed E-state index contributed by atoms with van der Waals surface area (Å²) < 4.78 is 57.2. The summed E-state index contributed by atoms with van der Waals surface area (Å²) in [6, 6.07) is 17.1. The van der Waals surface area contributed by atoms with Gasteiger partial charge in [0.2, 0.25) is 0 Å². The van der Waals surface area contributed by atoms with Crippen LogP contribution in [0.5, 0.6) is 0 Å². The zero-order valence-corrected chi connectivity index (χ0v) is 20.3. The van der Waals surface area contributed by atoms with E-state index in [1.54, 1.807) is 60.7 Å². The minimum atomic E-state index is -3.85. The molecular weight excluding hydrogens is 464 g/mol. The molecule has 6 aliphatic carbocycles. The molecule has 0 N–H and O–H groups in total. The predicted molar refractivity (Wildman–Crippen MR) is 128 cm³/mol. The maximum absolute atomic E-state index is 14.3. The molecule has 0 saturated heterocycles. The highest BCUT2D eigenvalue weighted by Crippen LogP contribution is 2.84. The molecule has 0 heterocycles. The van der Waals surface area contributed by atoms with Gasteiger partial charge in [0.25, 0.3) is 0 Å². The Hall–Kier alpha value is -2.18. The Bertz CT molecular complexity index is 1400. The lowest BCUT2D eigenvalue weighted by atomic mass is 9.77. The van der Waals surface area contributed by atoms with E-state index in [1.165, 1.54) is 24.0 Å². The summed E-state index contributed by atoms with van der Waals surface area (Å²) in [7, 11) is -7.70. The lowest BCUT2D eigenvalue weighted by molar-refractivity contribution is 0.306. The largest absolute Gasteiger partial charge is 0.223 e. The van der Waals surface area contributed by atoms with E-state index in [2.05, 4.69) is 12.2 Å². The van der Waals surface area contributed by atoms with Crippen LogP contribution < -0.4 is 0 Å². The molecule has 6 heteroatoms. The molecule has 0 radical (unpaired) electrons. The fourth-order valence-electron chi connectivity index (χ4n) is 8.71. The van der Waals surface area contributed by atoms with Gasteiger partial charge in [0.15, 0.2) is 19.7 Å². The number of allylic oxidation sites excluding steroid dienone is 4. The zero-order valence-electron chi connectivity index (χ0n) is 18.7. The van der Waals surface area contributed by atoms with E-state index >= 15 is 0 Å². The summed E-state index contributed by atoms with van der Waals surface area (Å²) >= 11 is 0. The highest BCUT2D eigenvalue weighted by Gasteiger charge is 2.81. The van der Waals surface area contributed by atoms with Crippen LogP contribution >= 0.6 is 0 Å². The third-order valence-electron chi connectivity index (χ3n) is 10.1. The molecule has 6 aliphatic rings. The third-order valence-corrected chi connectivity index (χ3v) is 14.7. The van der Waals surface area contributed by atoms with Crippen LogP contribution in [0, 0.1) is 34.5 Å². The zero-order chi connectivity index (χ0) is 23.1. The molecule has 2 aromatic carbocycles. The first-order valence-corrected chi connectivity index (χ1v) is 15.4. The van der Waals surface area contributed by atoms with E-state index in [9.17, 15) is 16.8 Å². The molecule has 3 saturated carbocycles. The van der Waals surface area contributed by atoms with Crippen molar-refractivity contribution in [2.45, 2.75) is 46.0 Å². The fourth-order valence-corrected chi connectivity index (χ4v) is 13.9. The maximum atomic E-state index is 14.3. The molecule has 2 spiro atoms. The molecule has 34 heavy (non-hydrogen) atoms. The number of benzene rings is 2. The van der Waals surface area contributed by atoms with Crippen LogP contribution in [0.2, 0.25) is 0 Å². The lowest BCUT2D eigenvalue weighted by Crippen LogP contribution is -2.45. The van der Waals surface area contributed by atoms with Crippen LogP contribution in [0.4, 0.5) is 0 Å². The van der Waals surface area contributed by atoms with Crippen LogP contribution in [-0.4, -0.2) is 27.3 Å². The summed E-state index contributed by atoms with van der Waals surface area (Å²) in [5, 5.41) is -1.84. The van der Waals surface area contributed by atoms with Gasteiger partial charge in [-0.1, -0.05) is 59.7 Å². The molecule has 4 bridgehead atoms. The minimum Gasteiger partial charge on any atom is -0.223 e. The molecular formula is C28H26O4S2. The van der Waals surface area contributed by atoms with Gasteiger partial charge in [-0.3, -0.25) is 0 Å². The first-order chi connectivity index (χ1) is 16.3. The Kier molecular flexibility index (Phi) is 3.51. The second-order valence-corrected chi connectivity index (χ2v) is 15.5. The van der Waals surface area contributed by atoms with Gasteiger partial charge in [-0.15, -0.1) is 0 Å². The van der Waals surface area contributed by atoms with E-state index in [1.807, 2.05) is 0 Å². The molecule has 174 valence electrons. The van der Waals surface area contributed by atoms with Crippen molar-refractivity contribution in [2.75, 3.05) is 0 Å². The van der Waals surface area contributed by atoms with Crippen LogP contribution in [-0.2, 0) is 19.7 Å². The fraction of sp³-hybridized carbons (Fsp3) is 0.429. The van der Waals surface area contributed by atoms with Gasteiger partial charge < -0.3 is 0 Å². The number of fused-ring (bicyclic) bond motifs is 4. The molecule has 0 aliphatic heterocycles. The van der Waals surface area contributed by atoms with E-state index < -0.39 is 30.2 Å². The monoisotopic (exact) mass is 490 g/mol. The van der Waals surface area contributed by atoms with Crippen LogP contribution in [0.3, 0.4) is 0 Å². The van der Waals surface area contributed by atoms with E-state index in [0.29, 0.717) is 11.8 Å². The highest BCUT2D eigenvalue weighted by molar-refractivity contribution is 7.96. The van der Waals surface area contributed by atoms with Gasteiger partial charge in [-0.25, -0.2) is 16.8 Å². The van der Waals surface area contributed by atoms with Gasteiger partial charge in [-0.05, 0) is 60.8 Å². The highest BCUT2D eigenvalue weighted by atomic mass is 32.2. The predicted octanol–water partition coefficient (Wildman–Crippen LogP) is 4.60. The van der Waals surface area contributed by atoms with Crippen molar-refractivity contribution in [3.63, 3.8) is 0 Å². The smallest absolute Gasteiger partial charge is 0.183 e. The van der Waals surface area contributed by atoms with Crippen LogP contribution in [0.25, 0.3) is 0 Å². The third kappa shape index (κ3) is 2.09. The second-order valence-electron chi connectivity index (χ2n) is 11.3. The maximum Gasteiger partial charge on any atom is 0.183 e. The molecule has 0 unspecified atom stereocenters. The normalized spacial score (nSPS) is 37.1. The standard InChI is InChI=1S/C28H26O4S2/c29-33(30,17-7-3-1-4-8-17)25-23-21-19-11-12-20(27(19)13-14-27)22(21)24(28(23)15-16-28)26(25)34(31,32)18-9-5-2-6-10-18/h1-12,19-20,23-26H,13-16H2/t19-,20+,23-,24+,25-,26+. The summed E-state index contributed by atoms with van der Waals surface area (Å²) in [6.07, 6.45) is 8.84. The second kappa shape index (κ2) is 5.96. The summed E-state index contributed by atoms with van der Waals surface area (Å²) in [4.78, 5) is 0.497. The Balaban J connectivity index is 1.38. The number of hydrogen-bond donors (Lipinski definition) is 0. The van der Waals surface area contributed by atoms with Gasteiger partial charge in [-0.2, -0.15) is 0 Å². The molecule has 0 aromatic heterocycles. The van der Waals surface area contributed by atoms with Crippen molar-refractivity contribution in [1.29, 1.82) is 0 Å². The van der Waals surface area contributed by atoms with Crippen molar-refractivity contribution in [1.82, 2.24) is 0 Å². The Morgan fingerprint density at radius 3 is 1.29 bits per heavy atom. The summed E-state index contributed by atoms with van der Waals surface area (Å²) in [6.45, 7) is 0. The van der Waals surface area contributed by atoms with E-state index in [0.717, 1.165) is 12.8 Å². The molecule has 4 nitrogen and oxygen atoms in total. The quantitative estimate of drug-likeness (QED) is 0.588. The van der Waals surface area contributed by atoms with E-state index in [-0.39, 0.29) is 32.5 Å². The Labute approximate surface area is 200 Å². The van der Waals surface area contributed by atoms with Crippen molar-refractivity contribution < 1.29 is 16.8 Å². The first-order valence-electron chi connectivity index (χ1n) is 12.3. The van der Waals surface area contributed by atoms with Crippen molar-refractivity contribution in [3.8, 4) is 0 Å². The molecule has 6 atom stereocenters. The Morgan fingerprint density at radius 2 is 0.941 bits per heavy atom. The van der Waals surface area contributed by atoms with E-state index in [4.69, 9.17) is 0 Å². The van der Waals surface area contributed by atoms with Crippen molar-refractivity contribution >= 4 is 19.7 Å². The van der Waals surface area contributed by atoms with Gasteiger partial charge in [0.1, 0.15) is 0 Å². The van der Waals surface area contributed by atoms with Gasteiger partial charge in [0, 0.05) is 23.7 Å². The molecule has 0 amide bonds. The van der Waals surface area contributed by atoms with Crippen LogP contribution in [0.15, 0.2) is 93.8 Å². The molecule has 3 fully saturated rings.